The van der Waals surface area contributed by atoms with Gasteiger partial charge in [-0.3, -0.25) is 9.36 Å². The fraction of sp³-hybridized carbons (Fsp3) is 0.568. The number of hydrogen-bond acceptors (Lipinski definition) is 11. The van der Waals surface area contributed by atoms with Gasteiger partial charge >= 0.3 is 277 Å². The second-order valence-electron chi connectivity index (χ2n) is 16.0. The van der Waals surface area contributed by atoms with Gasteiger partial charge in [-0.2, -0.15) is 36.5 Å². The van der Waals surface area contributed by atoms with Gasteiger partial charge in [0, 0.05) is 57.4 Å². The van der Waals surface area contributed by atoms with Crippen LogP contribution in [0.1, 0.15) is 102 Å². The maximum atomic E-state index is 12.8. The van der Waals surface area contributed by atoms with Crippen molar-refractivity contribution in [1.82, 2.24) is 49.3 Å². The Bertz CT molecular complexity index is 2120. The Hall–Kier alpha value is 8.46. The van der Waals surface area contributed by atoms with Gasteiger partial charge in [0.15, 0.2) is 0 Å². The molecular weight excluding hydrogens is 1200 g/mol. The molecule has 2 aliphatic heterocycles. The Balaban J connectivity index is 0.00000101. The van der Waals surface area contributed by atoms with Crippen molar-refractivity contribution in [3.05, 3.63) is 75.3 Å². The summed E-state index contributed by atoms with van der Waals surface area (Å²) in [5, 5.41) is 6.96. The van der Waals surface area contributed by atoms with Gasteiger partial charge < -0.3 is 25.0 Å². The number of aromatic nitrogens is 8. The fourth-order valence-electron chi connectivity index (χ4n) is 5.88. The van der Waals surface area contributed by atoms with Gasteiger partial charge in [0.25, 0.3) is 0 Å². The minimum atomic E-state index is -4.59. The Morgan fingerprint density at radius 3 is 1.35 bits per heavy atom. The summed E-state index contributed by atoms with van der Waals surface area (Å²) in [5.74, 6) is 0.187. The SMILES string of the molecule is CC(C)(C)OC(=O)N1CCC(n2cc(Cc3ncc(C(F)(F)F)c(Cl)n3)cn2)CC1.CC(C)(C)OC(=O)N1CCC(n2cc(N)cn2)CC1.FC(F)(F)c1cnc(Cl)nc1Cl.[K][K].[K][K].[K][K].[K][K]. The third kappa shape index (κ3) is 32.4. The summed E-state index contributed by atoms with van der Waals surface area (Å²) in [7, 11) is 0. The van der Waals surface area contributed by atoms with E-state index in [1.807, 2.05) is 63.3 Å². The first-order valence-corrected chi connectivity index (χ1v) is 87.9. The molecule has 0 spiro atoms. The van der Waals surface area contributed by atoms with Crippen molar-refractivity contribution in [2.75, 3.05) is 31.9 Å². The number of nitrogen functional groups attached to an aromatic ring is 1. The van der Waals surface area contributed by atoms with E-state index in [9.17, 15) is 35.9 Å². The maximum absolute atomic E-state index is 12.8. The van der Waals surface area contributed by atoms with Crippen LogP contribution in [0.3, 0.4) is 0 Å². The number of nitrogens with zero attached hydrogens (tertiary/aromatic N) is 10. The number of halogens is 9. The molecule has 4 aromatic heterocycles. The normalized spacial score (nSPS) is 14.3. The Morgan fingerprint density at radius 2 is 1.00 bits per heavy atom. The van der Waals surface area contributed by atoms with Crippen LogP contribution in [0.15, 0.2) is 37.2 Å². The topological polar surface area (TPSA) is 172 Å². The van der Waals surface area contributed by atoms with E-state index < -0.39 is 45.0 Å². The van der Waals surface area contributed by atoms with Crippen molar-refractivity contribution >= 4 is 305 Å². The second-order valence-corrected chi connectivity index (χ2v) is 17.0. The number of carbonyl (C=O) groups excluding carboxylic acids is 2. The molecule has 0 bridgehead atoms. The van der Waals surface area contributed by atoms with Crippen LogP contribution in [0.4, 0.5) is 41.6 Å². The number of hydrogen-bond donors (Lipinski definition) is 1. The summed E-state index contributed by atoms with van der Waals surface area (Å²) >= 11 is 26.0. The van der Waals surface area contributed by atoms with Crippen LogP contribution in [-0.4, -0.2) is 351 Å². The van der Waals surface area contributed by atoms with Crippen LogP contribution in [0, 0.1) is 0 Å². The molecule has 2 saturated heterocycles. The van der Waals surface area contributed by atoms with Crippen molar-refractivity contribution in [3.63, 3.8) is 0 Å². The second kappa shape index (κ2) is 40.7. The van der Waals surface area contributed by atoms with Crippen LogP contribution in [-0.2, 0) is 28.2 Å². The van der Waals surface area contributed by atoms with Gasteiger partial charge in [-0.1, -0.05) is 23.2 Å². The van der Waals surface area contributed by atoms with Crippen LogP contribution in [0.2, 0.25) is 15.6 Å². The zero-order chi connectivity index (χ0) is 53.5. The van der Waals surface area contributed by atoms with E-state index in [0.717, 1.165) is 31.2 Å². The summed E-state index contributed by atoms with van der Waals surface area (Å²) in [6.45, 7) is 13.6. The first kappa shape index (κ1) is 77.5. The first-order chi connectivity index (χ1) is 32.2. The number of amides is 2. The van der Waals surface area contributed by atoms with E-state index >= 15 is 0 Å². The van der Waals surface area contributed by atoms with Gasteiger partial charge in [-0.05, 0) is 84.4 Å². The molecule has 0 atom stereocenters. The van der Waals surface area contributed by atoms with E-state index in [4.69, 9.17) is 50.0 Å². The van der Waals surface area contributed by atoms with Gasteiger partial charge in [-0.15, -0.1) is 0 Å². The summed E-state index contributed by atoms with van der Waals surface area (Å²) in [6.07, 6.45) is 1.92. The number of alkyl halides is 6. The number of anilines is 1. The molecule has 6 heterocycles. The van der Waals surface area contributed by atoms with Gasteiger partial charge in [0.2, 0.25) is 5.28 Å². The van der Waals surface area contributed by atoms with Crippen LogP contribution >= 0.6 is 34.8 Å². The number of piperidine rings is 2. The molecule has 0 aliphatic carbocycles. The van der Waals surface area contributed by atoms with Crippen LogP contribution in [0.5, 0.6) is 0 Å². The van der Waals surface area contributed by atoms with E-state index in [1.54, 1.807) is 22.2 Å². The van der Waals surface area contributed by atoms with Crippen molar-refractivity contribution in [1.29, 1.82) is 0 Å². The third-order valence-electron chi connectivity index (χ3n) is 8.74. The number of carbonyl (C=O) groups is 2. The fourth-order valence-corrected chi connectivity index (χ4v) is 6.55. The molecule has 2 aliphatic rings. The molecule has 0 unspecified atom stereocenters. The van der Waals surface area contributed by atoms with E-state index in [2.05, 4.69) is 30.1 Å². The summed E-state index contributed by atoms with van der Waals surface area (Å²) in [5.41, 5.74) is 3.98. The number of ether oxygens (including phenoxy) is 2. The molecule has 6 rings (SSSR count). The molecule has 0 aromatic carbocycles. The van der Waals surface area contributed by atoms with Crippen molar-refractivity contribution in [2.45, 2.75) is 109 Å². The van der Waals surface area contributed by atoms with Gasteiger partial charge in [-0.25, -0.2) is 29.5 Å². The third-order valence-corrected chi connectivity index (χ3v) is 9.49. The van der Waals surface area contributed by atoms with Gasteiger partial charge in [0.05, 0.1) is 30.2 Å². The summed E-state index contributed by atoms with van der Waals surface area (Å²) in [6, 6.07) is 0.436. The monoisotopic (exact) mass is 1240 g/mol. The van der Waals surface area contributed by atoms with Crippen molar-refractivity contribution in [3.8, 4) is 0 Å². The molecule has 4 aromatic rings. The Labute approximate surface area is 595 Å². The molecule has 344 valence electrons. The standard InChI is InChI=1S/C19H23ClF3N5O2.C13H22N4O2.C5HCl2F3N2.8K/c1-18(2,3)30-17(29)27-6-4-13(5-7-27)28-11-12(9-25-28)8-15-24-10-14(16(20)26-15)19(21,22)23;1-13(2,3)19-12(18)16-6-4-11(5-7-16)17-9-10(14)8-15-17;6-3-2(5(8,9)10)1-11-4(7)12-3;;;;;;;;/h9-11,13H,4-8H2,1-3H3;8-9,11H,4-7,14H2,1-3H3;1H;;;;;;;;. The quantitative estimate of drug-likeness (QED) is 0.105. The molecular formula is C37H46Cl3F6K8N11O4. The predicted octanol–water partition coefficient (Wildman–Crippen LogP) is 6.30. The van der Waals surface area contributed by atoms with Crippen molar-refractivity contribution < 1.29 is 45.4 Å². The molecule has 0 radical (unpaired) electrons. The zero-order valence-corrected chi connectivity index (χ0v) is 69.3. The molecule has 0 saturated carbocycles. The predicted molar refractivity (Wildman–Crippen MR) is 259 cm³/mol. The Morgan fingerprint density at radius 1 is 0.623 bits per heavy atom. The number of likely N-dealkylation sites (tertiary alicyclic amines) is 2. The van der Waals surface area contributed by atoms with Crippen LogP contribution < -0.4 is 5.73 Å². The molecule has 2 N–H and O–H groups in total. The zero-order valence-electron chi connectivity index (χ0n) is 42.1. The summed E-state index contributed by atoms with van der Waals surface area (Å²) < 4.78 is 88.7. The van der Waals surface area contributed by atoms with E-state index in [-0.39, 0.29) is 35.8 Å². The summed E-state index contributed by atoms with van der Waals surface area (Å²) in [4.78, 5) is 41.4. The Kier molecular flexibility index (Phi) is 45.7. The average Bonchev–Trinajstić information content (AvgIpc) is 3.94. The first-order valence-electron chi connectivity index (χ1n) is 22.8. The van der Waals surface area contributed by atoms with E-state index in [1.165, 1.54) is 253 Å². The molecule has 2 fully saturated rings. The van der Waals surface area contributed by atoms with Crippen molar-refractivity contribution in [2.24, 2.45) is 0 Å². The number of rotatable bonds is 4. The molecule has 2 amide bonds. The molecule has 15 nitrogen and oxygen atoms in total. The van der Waals surface area contributed by atoms with Gasteiger partial charge in [0.1, 0.15) is 38.5 Å². The number of nitrogens with two attached hydrogens (primary N) is 1. The minimum absolute atomic E-state index is 0.120. The van der Waals surface area contributed by atoms with Crippen LogP contribution in [0.25, 0.3) is 0 Å². The average molecular weight is 1240 g/mol. The molecule has 32 heteroatoms. The van der Waals surface area contributed by atoms with E-state index in [0.29, 0.717) is 50.3 Å². The molecule has 69 heavy (non-hydrogen) atoms.